The minimum Gasteiger partial charge on any atom is -0.473 e. The van der Waals surface area contributed by atoms with E-state index in [1.165, 1.54) is 0 Å². The molecule has 1 aromatic carbocycles. The van der Waals surface area contributed by atoms with E-state index in [2.05, 4.69) is 5.32 Å². The molecule has 0 aromatic heterocycles. The molecule has 64 valence electrons. The van der Waals surface area contributed by atoms with Crippen molar-refractivity contribution in [2.75, 3.05) is 6.73 Å². The number of amides is 1. The predicted octanol–water partition coefficient (Wildman–Crippen LogP) is 1.29. The summed E-state index contributed by atoms with van der Waals surface area (Å²) in [6.07, 6.45) is -1.09. The van der Waals surface area contributed by atoms with Gasteiger partial charge < -0.3 is 9.84 Å². The standard InChI is InChI=1S/C8H9NO3/c10-8(11)9-6-12-7-4-2-1-3-5-7/h1-5,9H,6H2,(H,10,11). The zero-order valence-corrected chi connectivity index (χ0v) is 6.36. The zero-order valence-electron chi connectivity index (χ0n) is 6.36. The van der Waals surface area contributed by atoms with Crippen molar-refractivity contribution in [1.29, 1.82) is 0 Å². The summed E-state index contributed by atoms with van der Waals surface area (Å²) in [5.41, 5.74) is 0. The van der Waals surface area contributed by atoms with Gasteiger partial charge in [0.05, 0.1) is 0 Å². The van der Waals surface area contributed by atoms with E-state index >= 15 is 0 Å². The van der Waals surface area contributed by atoms with Gasteiger partial charge in [0, 0.05) is 0 Å². The Balaban J connectivity index is 2.29. The van der Waals surface area contributed by atoms with E-state index < -0.39 is 6.09 Å². The number of benzene rings is 1. The van der Waals surface area contributed by atoms with Crippen molar-refractivity contribution in [3.05, 3.63) is 30.3 Å². The first-order chi connectivity index (χ1) is 5.79. The monoisotopic (exact) mass is 167 g/mol. The van der Waals surface area contributed by atoms with Gasteiger partial charge >= 0.3 is 6.09 Å². The van der Waals surface area contributed by atoms with Crippen LogP contribution in [0.5, 0.6) is 5.75 Å². The molecule has 0 heterocycles. The van der Waals surface area contributed by atoms with E-state index in [9.17, 15) is 4.79 Å². The molecule has 0 saturated carbocycles. The fourth-order valence-corrected chi connectivity index (χ4v) is 0.698. The second-order valence-electron chi connectivity index (χ2n) is 2.08. The van der Waals surface area contributed by atoms with Crippen molar-refractivity contribution >= 4 is 6.09 Å². The fraction of sp³-hybridized carbons (Fsp3) is 0.125. The molecule has 2 N–H and O–H groups in total. The number of carbonyl (C=O) groups is 1. The molecular weight excluding hydrogens is 158 g/mol. The van der Waals surface area contributed by atoms with Crippen molar-refractivity contribution in [2.45, 2.75) is 0 Å². The highest BCUT2D eigenvalue weighted by Gasteiger charge is 1.93. The molecular formula is C8H9NO3. The third kappa shape index (κ3) is 2.92. The quantitative estimate of drug-likeness (QED) is 0.667. The first kappa shape index (κ1) is 8.39. The zero-order chi connectivity index (χ0) is 8.81. The van der Waals surface area contributed by atoms with Crippen molar-refractivity contribution in [3.63, 3.8) is 0 Å². The Bertz CT molecular complexity index is 248. The molecule has 0 aliphatic heterocycles. The smallest absolute Gasteiger partial charge is 0.407 e. The van der Waals surface area contributed by atoms with Crippen LogP contribution in [0.15, 0.2) is 30.3 Å². The Morgan fingerprint density at radius 2 is 2.08 bits per heavy atom. The van der Waals surface area contributed by atoms with Gasteiger partial charge in [-0.3, -0.25) is 5.32 Å². The van der Waals surface area contributed by atoms with Crippen LogP contribution >= 0.6 is 0 Å². The van der Waals surface area contributed by atoms with Crippen molar-refractivity contribution < 1.29 is 14.6 Å². The maximum atomic E-state index is 10.00. The van der Waals surface area contributed by atoms with E-state index in [-0.39, 0.29) is 6.73 Å². The number of nitrogens with one attached hydrogen (secondary N) is 1. The van der Waals surface area contributed by atoms with E-state index in [1.54, 1.807) is 12.1 Å². The van der Waals surface area contributed by atoms with Gasteiger partial charge in [0.2, 0.25) is 0 Å². The normalized spacial score (nSPS) is 9.00. The topological polar surface area (TPSA) is 58.6 Å². The van der Waals surface area contributed by atoms with Gasteiger partial charge in [0.15, 0.2) is 6.73 Å². The minimum absolute atomic E-state index is 0.0284. The molecule has 0 radical (unpaired) electrons. The summed E-state index contributed by atoms with van der Waals surface area (Å²) in [5.74, 6) is 0.645. The lowest BCUT2D eigenvalue weighted by atomic mass is 10.3. The van der Waals surface area contributed by atoms with Crippen molar-refractivity contribution in [2.24, 2.45) is 0 Å². The second-order valence-corrected chi connectivity index (χ2v) is 2.08. The molecule has 0 spiro atoms. The molecule has 0 unspecified atom stereocenters. The van der Waals surface area contributed by atoms with Crippen LogP contribution in [-0.2, 0) is 0 Å². The molecule has 0 aliphatic rings. The third-order valence-electron chi connectivity index (χ3n) is 1.21. The van der Waals surface area contributed by atoms with Gasteiger partial charge in [0.1, 0.15) is 5.75 Å². The van der Waals surface area contributed by atoms with Crippen molar-refractivity contribution in [1.82, 2.24) is 5.32 Å². The molecule has 0 fully saturated rings. The Kier molecular flexibility index (Phi) is 2.95. The first-order valence-electron chi connectivity index (χ1n) is 3.43. The second kappa shape index (κ2) is 4.23. The summed E-state index contributed by atoms with van der Waals surface area (Å²) in [5, 5.41) is 10.3. The molecule has 1 aromatic rings. The van der Waals surface area contributed by atoms with E-state index in [0.29, 0.717) is 5.75 Å². The van der Waals surface area contributed by atoms with E-state index in [4.69, 9.17) is 9.84 Å². The minimum atomic E-state index is -1.09. The summed E-state index contributed by atoms with van der Waals surface area (Å²) in [6.45, 7) is -0.0284. The Labute approximate surface area is 69.8 Å². The van der Waals surface area contributed by atoms with Crippen molar-refractivity contribution in [3.8, 4) is 5.75 Å². The molecule has 0 bridgehead atoms. The molecule has 12 heavy (non-hydrogen) atoms. The summed E-state index contributed by atoms with van der Waals surface area (Å²) in [7, 11) is 0. The maximum absolute atomic E-state index is 10.00. The summed E-state index contributed by atoms with van der Waals surface area (Å²) < 4.78 is 5.02. The molecule has 0 atom stereocenters. The molecule has 0 saturated heterocycles. The third-order valence-corrected chi connectivity index (χ3v) is 1.21. The molecule has 0 aliphatic carbocycles. The van der Waals surface area contributed by atoms with Gasteiger partial charge in [-0.15, -0.1) is 0 Å². The molecule has 1 amide bonds. The van der Waals surface area contributed by atoms with E-state index in [0.717, 1.165) is 0 Å². The lowest BCUT2D eigenvalue weighted by Crippen LogP contribution is -2.25. The van der Waals surface area contributed by atoms with Crippen LogP contribution in [0, 0.1) is 0 Å². The molecule has 1 rings (SSSR count). The lowest BCUT2D eigenvalue weighted by Gasteiger charge is -2.04. The first-order valence-corrected chi connectivity index (χ1v) is 3.43. The van der Waals surface area contributed by atoms with Gasteiger partial charge in [-0.2, -0.15) is 0 Å². The largest absolute Gasteiger partial charge is 0.473 e. The Morgan fingerprint density at radius 1 is 1.42 bits per heavy atom. The van der Waals surface area contributed by atoms with Gasteiger partial charge in [-0.05, 0) is 12.1 Å². The number of hydrogen-bond acceptors (Lipinski definition) is 2. The molecule has 4 nitrogen and oxygen atoms in total. The average molecular weight is 167 g/mol. The van der Waals surface area contributed by atoms with Crippen LogP contribution in [0.3, 0.4) is 0 Å². The fourth-order valence-electron chi connectivity index (χ4n) is 0.698. The predicted molar refractivity (Wildman–Crippen MR) is 43.1 cm³/mol. The van der Waals surface area contributed by atoms with Crippen LogP contribution in [-0.4, -0.2) is 17.9 Å². The van der Waals surface area contributed by atoms with Gasteiger partial charge in [-0.1, -0.05) is 18.2 Å². The maximum Gasteiger partial charge on any atom is 0.407 e. The summed E-state index contributed by atoms with van der Waals surface area (Å²) >= 11 is 0. The number of rotatable bonds is 3. The average Bonchev–Trinajstić information content (AvgIpc) is 2.05. The summed E-state index contributed by atoms with van der Waals surface area (Å²) in [4.78, 5) is 10.00. The highest BCUT2D eigenvalue weighted by molar-refractivity contribution is 5.64. The van der Waals surface area contributed by atoms with Crippen LogP contribution in [0.1, 0.15) is 0 Å². The number of para-hydroxylation sites is 1. The number of carboxylic acid groups (broad SMARTS) is 1. The van der Waals surface area contributed by atoms with Crippen LogP contribution < -0.4 is 10.1 Å². The van der Waals surface area contributed by atoms with Gasteiger partial charge in [0.25, 0.3) is 0 Å². The highest BCUT2D eigenvalue weighted by Crippen LogP contribution is 2.06. The SMILES string of the molecule is O=C(O)NCOc1ccccc1. The van der Waals surface area contributed by atoms with Crippen LogP contribution in [0.2, 0.25) is 0 Å². The van der Waals surface area contributed by atoms with Crippen LogP contribution in [0.25, 0.3) is 0 Å². The lowest BCUT2D eigenvalue weighted by molar-refractivity contribution is 0.180. The van der Waals surface area contributed by atoms with Gasteiger partial charge in [-0.25, -0.2) is 4.79 Å². The van der Waals surface area contributed by atoms with Crippen LogP contribution in [0.4, 0.5) is 4.79 Å². The number of ether oxygens (including phenoxy) is 1. The Morgan fingerprint density at radius 3 is 2.67 bits per heavy atom. The number of hydrogen-bond donors (Lipinski definition) is 2. The highest BCUT2D eigenvalue weighted by atomic mass is 16.5. The Hall–Kier alpha value is -1.71. The van der Waals surface area contributed by atoms with E-state index in [1.807, 2.05) is 18.2 Å². The molecule has 4 heteroatoms. The summed E-state index contributed by atoms with van der Waals surface area (Å²) in [6, 6.07) is 9.00.